The van der Waals surface area contributed by atoms with Gasteiger partial charge in [0.2, 0.25) is 0 Å². The Bertz CT molecular complexity index is 1820. The van der Waals surface area contributed by atoms with Crippen molar-refractivity contribution < 1.29 is 18.6 Å². The number of methoxy groups -OCH3 is 3. The van der Waals surface area contributed by atoms with Gasteiger partial charge in [-0.3, -0.25) is 14.9 Å². The number of ether oxygens (including phenoxy) is 3. The van der Waals surface area contributed by atoms with Gasteiger partial charge in [-0.05, 0) is 117 Å². The molecule has 5 rings (SSSR count). The summed E-state index contributed by atoms with van der Waals surface area (Å²) < 4.78 is 31.0. The molecule has 2 unspecified atom stereocenters. The van der Waals surface area contributed by atoms with Crippen molar-refractivity contribution in [2.24, 2.45) is 0 Å². The maximum absolute atomic E-state index is 14.0. The molecule has 1 aliphatic rings. The lowest BCUT2D eigenvalue weighted by atomic mass is 10.0. The van der Waals surface area contributed by atoms with Crippen molar-refractivity contribution in [2.75, 3.05) is 27.9 Å². The van der Waals surface area contributed by atoms with Crippen molar-refractivity contribution >= 4 is 0 Å². The van der Waals surface area contributed by atoms with E-state index in [1.807, 2.05) is 42.7 Å². The highest BCUT2D eigenvalue weighted by Crippen LogP contribution is 2.49. The zero-order valence-corrected chi connectivity index (χ0v) is 30.6. The number of benzene rings is 2. The molecule has 1 saturated carbocycles. The van der Waals surface area contributed by atoms with Crippen LogP contribution in [0, 0.1) is 5.82 Å². The molecule has 1 fully saturated rings. The summed E-state index contributed by atoms with van der Waals surface area (Å²) >= 11 is 0. The Morgan fingerprint density at radius 1 is 0.980 bits per heavy atom. The molecule has 4 aromatic rings. The minimum absolute atomic E-state index is 0.105. The van der Waals surface area contributed by atoms with E-state index in [9.17, 15) is 4.39 Å². The van der Waals surface area contributed by atoms with E-state index in [0.29, 0.717) is 12.5 Å². The normalized spacial score (nSPS) is 14.5. The van der Waals surface area contributed by atoms with Crippen LogP contribution in [0.3, 0.4) is 0 Å². The van der Waals surface area contributed by atoms with E-state index in [1.54, 1.807) is 33.5 Å². The molecule has 0 amide bonds. The fraction of sp³-hybridized carbons (Fsp3) is 0.349. The molecule has 0 aliphatic heterocycles. The predicted octanol–water partition coefficient (Wildman–Crippen LogP) is 9.27. The molecule has 2 aromatic carbocycles. The van der Waals surface area contributed by atoms with Crippen molar-refractivity contribution in [3.63, 3.8) is 0 Å². The molecular formula is C43H51FN4O3. The number of nitrogens with zero attached hydrogens (tertiary/aromatic N) is 3. The summed E-state index contributed by atoms with van der Waals surface area (Å²) in [6.45, 7) is 10.5. The van der Waals surface area contributed by atoms with Crippen molar-refractivity contribution in [1.29, 1.82) is 0 Å². The molecule has 51 heavy (non-hydrogen) atoms. The van der Waals surface area contributed by atoms with Gasteiger partial charge in [-0.1, -0.05) is 37.8 Å². The Labute approximate surface area is 302 Å². The van der Waals surface area contributed by atoms with E-state index in [2.05, 4.69) is 66.0 Å². The van der Waals surface area contributed by atoms with Gasteiger partial charge in [-0.25, -0.2) is 4.39 Å². The summed E-state index contributed by atoms with van der Waals surface area (Å²) in [7, 11) is 5.06. The van der Waals surface area contributed by atoms with E-state index in [1.165, 1.54) is 36.1 Å². The first kappa shape index (κ1) is 37.5. The van der Waals surface area contributed by atoms with Gasteiger partial charge in [0.25, 0.3) is 0 Å². The van der Waals surface area contributed by atoms with Crippen molar-refractivity contribution in [3.05, 3.63) is 132 Å². The fourth-order valence-corrected chi connectivity index (χ4v) is 6.53. The van der Waals surface area contributed by atoms with E-state index in [0.717, 1.165) is 71.3 Å². The molecule has 1 N–H and O–H groups in total. The third-order valence-corrected chi connectivity index (χ3v) is 9.46. The molecule has 2 aromatic heterocycles. The zero-order chi connectivity index (χ0) is 36.2. The van der Waals surface area contributed by atoms with Crippen molar-refractivity contribution in [1.82, 2.24) is 20.2 Å². The van der Waals surface area contributed by atoms with Gasteiger partial charge < -0.3 is 19.5 Å². The highest BCUT2D eigenvalue weighted by Gasteiger charge is 2.29. The second-order valence-electron chi connectivity index (χ2n) is 13.0. The minimum atomic E-state index is -0.271. The van der Waals surface area contributed by atoms with Crippen LogP contribution < -0.4 is 14.8 Å². The summed E-state index contributed by atoms with van der Waals surface area (Å²) in [6.07, 6.45) is 15.7. The molecular weight excluding hydrogens is 639 g/mol. The summed E-state index contributed by atoms with van der Waals surface area (Å²) in [4.78, 5) is 11.8. The first-order valence-electron chi connectivity index (χ1n) is 17.8. The molecule has 0 radical (unpaired) electrons. The molecule has 268 valence electrons. The third kappa shape index (κ3) is 10.1. The van der Waals surface area contributed by atoms with Crippen LogP contribution in [0.25, 0.3) is 22.5 Å². The molecule has 7 nitrogen and oxygen atoms in total. The Kier molecular flexibility index (Phi) is 13.6. The van der Waals surface area contributed by atoms with Crippen LogP contribution in [0.5, 0.6) is 11.5 Å². The van der Waals surface area contributed by atoms with Gasteiger partial charge in [0.1, 0.15) is 11.6 Å². The van der Waals surface area contributed by atoms with Crippen molar-refractivity contribution in [2.45, 2.75) is 70.6 Å². The number of hydrogen-bond acceptors (Lipinski definition) is 7. The number of nitrogens with one attached hydrogen (secondary N) is 1. The number of allylic oxidation sites excluding steroid dienone is 3. The smallest absolute Gasteiger partial charge is 0.164 e. The van der Waals surface area contributed by atoms with E-state index in [-0.39, 0.29) is 17.9 Å². The molecule has 8 heteroatoms. The maximum Gasteiger partial charge on any atom is 0.164 e. The first-order chi connectivity index (χ1) is 24.9. The molecule has 2 atom stereocenters. The number of rotatable bonds is 19. The molecule has 0 bridgehead atoms. The van der Waals surface area contributed by atoms with Crippen LogP contribution in [-0.4, -0.2) is 54.8 Å². The Balaban J connectivity index is 1.29. The Morgan fingerprint density at radius 2 is 1.73 bits per heavy atom. The fourth-order valence-electron chi connectivity index (χ4n) is 6.53. The number of hydrogen-bond donors (Lipinski definition) is 1. The maximum atomic E-state index is 14.0. The lowest BCUT2D eigenvalue weighted by Crippen LogP contribution is -2.41. The molecule has 0 spiro atoms. The Hall–Kier alpha value is -4.79. The summed E-state index contributed by atoms with van der Waals surface area (Å²) in [6, 6.07) is 19.5. The molecule has 0 saturated heterocycles. The SMILES string of the molecule is C=C/C=C(\C=C/C(C)N(Cc1ccnc(-c2cccc(F)c2)c1)C(CC)CCNCc1ccnc(-c2cc(OC)c(OC)c(C3CC3)c2)c1)OC. The Morgan fingerprint density at radius 3 is 2.39 bits per heavy atom. The average Bonchev–Trinajstić information content (AvgIpc) is 4.01. The number of pyridine rings is 2. The lowest BCUT2D eigenvalue weighted by molar-refractivity contribution is 0.145. The topological polar surface area (TPSA) is 68.7 Å². The largest absolute Gasteiger partial charge is 0.497 e. The van der Waals surface area contributed by atoms with Gasteiger partial charge >= 0.3 is 0 Å². The number of aromatic nitrogens is 2. The quantitative estimate of drug-likeness (QED) is 0.0598. The van der Waals surface area contributed by atoms with Gasteiger partial charge in [0.15, 0.2) is 11.5 Å². The first-order valence-corrected chi connectivity index (χ1v) is 17.8. The van der Waals surface area contributed by atoms with Gasteiger partial charge in [0, 0.05) is 54.3 Å². The highest BCUT2D eigenvalue weighted by molar-refractivity contribution is 5.68. The average molecular weight is 691 g/mol. The highest BCUT2D eigenvalue weighted by atomic mass is 19.1. The second-order valence-corrected chi connectivity index (χ2v) is 13.0. The van der Waals surface area contributed by atoms with Crippen molar-refractivity contribution in [3.8, 4) is 34.0 Å². The van der Waals surface area contributed by atoms with Gasteiger partial charge in [-0.2, -0.15) is 0 Å². The molecule has 2 heterocycles. The van der Waals surface area contributed by atoms with Gasteiger partial charge in [0.05, 0.1) is 32.7 Å². The standard InChI is InChI=1S/C43H51FN4O3/c1-7-10-38(49-4)16-13-30(3)48(29-32-18-22-46-40(24-32)34-11-9-12-36(44)25-34)37(8-2)19-20-45-28-31-17-21-47-41(23-31)35-26-39(33-14-15-33)43(51-6)42(27-35)50-5/h7,9-13,16-18,21-27,30,33,37,45H,1,8,14-15,19-20,28-29H2,2-6H3/b16-13-,38-10+. The zero-order valence-electron chi connectivity index (χ0n) is 30.6. The monoisotopic (exact) mass is 690 g/mol. The summed E-state index contributed by atoms with van der Waals surface area (Å²) in [5, 5.41) is 3.69. The predicted molar refractivity (Wildman–Crippen MR) is 204 cm³/mol. The van der Waals surface area contributed by atoms with Crippen LogP contribution in [0.2, 0.25) is 0 Å². The van der Waals surface area contributed by atoms with E-state index in [4.69, 9.17) is 19.2 Å². The lowest BCUT2D eigenvalue weighted by Gasteiger charge is -2.35. The van der Waals surface area contributed by atoms with E-state index < -0.39 is 0 Å². The van der Waals surface area contributed by atoms with Gasteiger partial charge in [-0.15, -0.1) is 0 Å². The second kappa shape index (κ2) is 18.4. The third-order valence-electron chi connectivity index (χ3n) is 9.46. The van der Waals surface area contributed by atoms with Crippen LogP contribution in [0.1, 0.15) is 62.1 Å². The van der Waals surface area contributed by atoms with Crippen LogP contribution in [0.15, 0.2) is 110 Å². The number of halogens is 1. The van der Waals surface area contributed by atoms with Crippen LogP contribution in [0.4, 0.5) is 4.39 Å². The summed E-state index contributed by atoms with van der Waals surface area (Å²) in [5.41, 5.74) is 6.97. The van der Waals surface area contributed by atoms with Crippen LogP contribution >= 0.6 is 0 Å². The molecule has 1 aliphatic carbocycles. The van der Waals surface area contributed by atoms with E-state index >= 15 is 0 Å². The summed E-state index contributed by atoms with van der Waals surface area (Å²) in [5.74, 6) is 2.56. The van der Waals surface area contributed by atoms with Crippen LogP contribution in [-0.2, 0) is 17.8 Å². The minimum Gasteiger partial charge on any atom is -0.497 e.